The molecular weight excluding hydrogens is 504 g/mol. The van der Waals surface area contributed by atoms with Crippen LogP contribution in [0.15, 0.2) is 50.2 Å². The number of sulfonamides is 1. The van der Waals surface area contributed by atoms with Crippen molar-refractivity contribution in [1.29, 1.82) is 0 Å². The Labute approximate surface area is 173 Å². The highest BCUT2D eigenvalue weighted by molar-refractivity contribution is 9.11. The van der Waals surface area contributed by atoms with Crippen molar-refractivity contribution in [3.8, 4) is 5.75 Å². The third-order valence-corrected chi connectivity index (χ3v) is 5.76. The molecule has 7 nitrogen and oxygen atoms in total. The summed E-state index contributed by atoms with van der Waals surface area (Å²) in [6.07, 6.45) is 0. The summed E-state index contributed by atoms with van der Waals surface area (Å²) in [6.45, 7) is 2.75. The quantitative estimate of drug-likeness (QED) is 0.609. The van der Waals surface area contributed by atoms with Gasteiger partial charge in [-0.1, -0.05) is 15.9 Å². The first-order valence-electron chi connectivity index (χ1n) is 7.60. The molecule has 0 atom stereocenters. The Balaban J connectivity index is 2.00. The van der Waals surface area contributed by atoms with E-state index in [4.69, 9.17) is 4.74 Å². The number of hydrogen-bond acceptors (Lipinski definition) is 5. The molecule has 2 aromatic rings. The number of amides is 2. The lowest BCUT2D eigenvalue weighted by Gasteiger charge is -2.12. The molecule has 2 N–H and O–H groups in total. The molecule has 10 heteroatoms. The van der Waals surface area contributed by atoms with Gasteiger partial charge in [0.2, 0.25) is 5.91 Å². The molecule has 0 heterocycles. The van der Waals surface area contributed by atoms with Crippen LogP contribution in [-0.2, 0) is 19.6 Å². The fourth-order valence-corrected chi connectivity index (χ4v) is 4.72. The number of ether oxygens (including phenoxy) is 1. The van der Waals surface area contributed by atoms with Gasteiger partial charge >= 0.3 is 0 Å². The van der Waals surface area contributed by atoms with Crippen molar-refractivity contribution in [3.63, 3.8) is 0 Å². The SMILES string of the molecule is CC(=O)NS(=O)(=O)c1ccc(NC(=O)COc2c(C)cc(Br)cc2Br)cc1. The second-order valence-corrected chi connectivity index (χ2v) is 9.01. The van der Waals surface area contributed by atoms with Gasteiger partial charge < -0.3 is 10.1 Å². The fraction of sp³-hybridized carbons (Fsp3) is 0.176. The first kappa shape index (κ1) is 21.4. The molecule has 0 saturated carbocycles. The van der Waals surface area contributed by atoms with Gasteiger partial charge in [-0.15, -0.1) is 0 Å². The number of anilines is 1. The molecule has 2 amide bonds. The van der Waals surface area contributed by atoms with Gasteiger partial charge in [0.05, 0.1) is 9.37 Å². The van der Waals surface area contributed by atoms with Gasteiger partial charge in [0.25, 0.3) is 15.9 Å². The van der Waals surface area contributed by atoms with Gasteiger partial charge in [0.1, 0.15) is 5.75 Å². The molecule has 0 aliphatic carbocycles. The summed E-state index contributed by atoms with van der Waals surface area (Å²) in [5.74, 6) is -0.522. The van der Waals surface area contributed by atoms with Crippen LogP contribution in [0.3, 0.4) is 0 Å². The van der Waals surface area contributed by atoms with Crippen LogP contribution in [0.5, 0.6) is 5.75 Å². The van der Waals surface area contributed by atoms with E-state index in [0.29, 0.717) is 11.4 Å². The first-order chi connectivity index (χ1) is 12.6. The summed E-state index contributed by atoms with van der Waals surface area (Å²) in [5.41, 5.74) is 1.26. The molecule has 0 saturated heterocycles. The Morgan fingerprint density at radius 3 is 2.30 bits per heavy atom. The molecule has 144 valence electrons. The Morgan fingerprint density at radius 1 is 1.11 bits per heavy atom. The van der Waals surface area contributed by atoms with E-state index in [-0.39, 0.29) is 11.5 Å². The number of nitrogens with one attached hydrogen (secondary N) is 2. The number of carbonyl (C=O) groups is 2. The highest BCUT2D eigenvalue weighted by Gasteiger charge is 2.15. The van der Waals surface area contributed by atoms with Gasteiger partial charge in [0.15, 0.2) is 6.61 Å². The minimum absolute atomic E-state index is 0.0821. The Morgan fingerprint density at radius 2 is 1.74 bits per heavy atom. The Hall–Kier alpha value is -1.91. The lowest BCUT2D eigenvalue weighted by Crippen LogP contribution is -2.28. The van der Waals surface area contributed by atoms with Gasteiger partial charge in [0, 0.05) is 17.1 Å². The predicted molar refractivity (Wildman–Crippen MR) is 108 cm³/mol. The minimum atomic E-state index is -3.91. The number of benzene rings is 2. The standard InChI is InChI=1S/C17H16Br2N2O5S/c1-10-7-12(18)8-15(19)17(10)26-9-16(23)20-13-3-5-14(6-4-13)27(24,25)21-11(2)22/h3-8H,9H2,1-2H3,(H,20,23)(H,21,22). The summed E-state index contributed by atoms with van der Waals surface area (Å²) in [6, 6.07) is 9.11. The second-order valence-electron chi connectivity index (χ2n) is 5.56. The maximum atomic E-state index is 12.1. The van der Waals surface area contributed by atoms with Crippen LogP contribution in [0.25, 0.3) is 0 Å². The monoisotopic (exact) mass is 518 g/mol. The number of aryl methyl sites for hydroxylation is 1. The van der Waals surface area contributed by atoms with Crippen LogP contribution in [0.4, 0.5) is 5.69 Å². The zero-order chi connectivity index (χ0) is 20.2. The lowest BCUT2D eigenvalue weighted by atomic mass is 10.2. The van der Waals surface area contributed by atoms with Crippen LogP contribution in [0.2, 0.25) is 0 Å². The Kier molecular flexibility index (Phi) is 7.01. The van der Waals surface area contributed by atoms with Gasteiger partial charge in [-0.25, -0.2) is 13.1 Å². The fourth-order valence-electron chi connectivity index (χ4n) is 2.17. The maximum absolute atomic E-state index is 12.1. The van der Waals surface area contributed by atoms with E-state index >= 15 is 0 Å². The van der Waals surface area contributed by atoms with Gasteiger partial charge in [-0.05, 0) is 64.8 Å². The van der Waals surface area contributed by atoms with E-state index in [2.05, 4.69) is 37.2 Å². The van der Waals surface area contributed by atoms with Gasteiger partial charge in [-0.2, -0.15) is 0 Å². The summed E-state index contributed by atoms with van der Waals surface area (Å²) in [4.78, 5) is 22.9. The maximum Gasteiger partial charge on any atom is 0.264 e. The first-order valence-corrected chi connectivity index (χ1v) is 10.7. The largest absolute Gasteiger partial charge is 0.482 e. The zero-order valence-electron chi connectivity index (χ0n) is 14.4. The highest BCUT2D eigenvalue weighted by atomic mass is 79.9. The van der Waals surface area contributed by atoms with E-state index in [1.54, 1.807) is 0 Å². The van der Waals surface area contributed by atoms with E-state index in [1.807, 2.05) is 23.8 Å². The second kappa shape index (κ2) is 8.85. The summed E-state index contributed by atoms with van der Waals surface area (Å²) < 4.78 is 32.8. The van der Waals surface area contributed by atoms with Crippen LogP contribution in [-0.4, -0.2) is 26.8 Å². The molecule has 0 aliphatic heterocycles. The molecule has 2 rings (SSSR count). The van der Waals surface area contributed by atoms with Crippen molar-refractivity contribution in [2.24, 2.45) is 0 Å². The van der Waals surface area contributed by atoms with E-state index in [1.165, 1.54) is 24.3 Å². The number of rotatable bonds is 6. The normalized spacial score (nSPS) is 11.0. The topological polar surface area (TPSA) is 102 Å². The van der Waals surface area contributed by atoms with E-state index < -0.39 is 21.8 Å². The van der Waals surface area contributed by atoms with Crippen molar-refractivity contribution in [3.05, 3.63) is 50.9 Å². The number of halogens is 2. The third kappa shape index (κ3) is 6.05. The molecule has 0 bridgehead atoms. The van der Waals surface area contributed by atoms with Crippen LogP contribution in [0, 0.1) is 6.92 Å². The smallest absolute Gasteiger partial charge is 0.264 e. The van der Waals surface area contributed by atoms with Crippen LogP contribution in [0.1, 0.15) is 12.5 Å². The van der Waals surface area contributed by atoms with Crippen molar-refractivity contribution in [2.75, 3.05) is 11.9 Å². The van der Waals surface area contributed by atoms with Crippen LogP contribution < -0.4 is 14.8 Å². The predicted octanol–water partition coefficient (Wildman–Crippen LogP) is 3.36. The van der Waals surface area contributed by atoms with Crippen LogP contribution >= 0.6 is 31.9 Å². The third-order valence-electron chi connectivity index (χ3n) is 3.27. The molecule has 0 aromatic heterocycles. The number of hydrogen-bond donors (Lipinski definition) is 2. The van der Waals surface area contributed by atoms with E-state index in [0.717, 1.165) is 21.4 Å². The van der Waals surface area contributed by atoms with Crippen molar-refractivity contribution >= 4 is 59.4 Å². The molecule has 0 unspecified atom stereocenters. The van der Waals surface area contributed by atoms with Crippen molar-refractivity contribution < 1.29 is 22.7 Å². The van der Waals surface area contributed by atoms with Crippen molar-refractivity contribution in [2.45, 2.75) is 18.7 Å². The number of carbonyl (C=O) groups excluding carboxylic acids is 2. The average molecular weight is 520 g/mol. The summed E-state index contributed by atoms with van der Waals surface area (Å²) >= 11 is 6.76. The van der Waals surface area contributed by atoms with Gasteiger partial charge in [-0.3, -0.25) is 9.59 Å². The molecule has 2 aromatic carbocycles. The van der Waals surface area contributed by atoms with E-state index in [9.17, 15) is 18.0 Å². The molecule has 27 heavy (non-hydrogen) atoms. The molecule has 0 radical (unpaired) electrons. The minimum Gasteiger partial charge on any atom is -0.482 e. The Bertz CT molecular complexity index is 952. The highest BCUT2D eigenvalue weighted by Crippen LogP contribution is 2.32. The van der Waals surface area contributed by atoms with Crippen molar-refractivity contribution in [1.82, 2.24) is 4.72 Å². The molecule has 0 aliphatic rings. The lowest BCUT2D eigenvalue weighted by molar-refractivity contribution is -0.118. The molecular formula is C17H16Br2N2O5S. The molecule has 0 spiro atoms. The summed E-state index contributed by atoms with van der Waals surface area (Å²) in [5, 5.41) is 2.61. The average Bonchev–Trinajstić information content (AvgIpc) is 2.53. The summed E-state index contributed by atoms with van der Waals surface area (Å²) in [7, 11) is -3.91. The molecule has 0 fully saturated rings. The zero-order valence-corrected chi connectivity index (χ0v) is 18.4.